The molecule has 1 unspecified atom stereocenters. The van der Waals surface area contributed by atoms with Crippen molar-refractivity contribution in [3.63, 3.8) is 0 Å². The van der Waals surface area contributed by atoms with Crippen molar-refractivity contribution >= 4 is 34.8 Å². The van der Waals surface area contributed by atoms with Gasteiger partial charge in [0, 0.05) is 15.1 Å². The number of nitrogens with zero attached hydrogens (tertiary/aromatic N) is 1. The van der Waals surface area contributed by atoms with Crippen LogP contribution in [0.5, 0.6) is 0 Å². The van der Waals surface area contributed by atoms with Crippen molar-refractivity contribution < 1.29 is 0 Å². The van der Waals surface area contributed by atoms with E-state index in [1.165, 1.54) is 0 Å². The number of halogens is 3. The van der Waals surface area contributed by atoms with E-state index in [4.69, 9.17) is 34.8 Å². The maximum Gasteiger partial charge on any atom is 0.0768 e. The molecule has 1 nitrogen and oxygen atoms in total. The Bertz CT molecular complexity index is 611. The number of nitriles is 1. The first kappa shape index (κ1) is 14.2. The second kappa shape index (κ2) is 6.30. The van der Waals surface area contributed by atoms with Crippen LogP contribution in [0.1, 0.15) is 17.0 Å². The summed E-state index contributed by atoms with van der Waals surface area (Å²) in [6.07, 6.45) is 0.443. The summed E-state index contributed by atoms with van der Waals surface area (Å²) in [6, 6.07) is 14.9. The SMILES string of the molecule is N#CC(Cc1c(Cl)cccc1Cl)c1ccccc1Cl. The van der Waals surface area contributed by atoms with Gasteiger partial charge >= 0.3 is 0 Å². The zero-order valence-electron chi connectivity index (χ0n) is 9.91. The van der Waals surface area contributed by atoms with Gasteiger partial charge in [-0.2, -0.15) is 5.26 Å². The van der Waals surface area contributed by atoms with E-state index in [1.807, 2.05) is 18.2 Å². The summed E-state index contributed by atoms with van der Waals surface area (Å²) >= 11 is 18.4. The smallest absolute Gasteiger partial charge is 0.0768 e. The lowest BCUT2D eigenvalue weighted by molar-refractivity contribution is 0.850. The third kappa shape index (κ3) is 3.22. The maximum absolute atomic E-state index is 9.35. The molecule has 0 N–H and O–H groups in total. The van der Waals surface area contributed by atoms with Crippen LogP contribution in [0.3, 0.4) is 0 Å². The molecule has 0 radical (unpaired) electrons. The molecular weight excluding hydrogens is 301 g/mol. The summed E-state index contributed by atoms with van der Waals surface area (Å²) in [7, 11) is 0. The van der Waals surface area contributed by atoms with E-state index in [0.29, 0.717) is 21.5 Å². The second-order valence-electron chi connectivity index (χ2n) is 4.11. The largest absolute Gasteiger partial charge is 0.198 e. The van der Waals surface area contributed by atoms with Crippen LogP contribution in [-0.4, -0.2) is 0 Å². The molecule has 19 heavy (non-hydrogen) atoms. The van der Waals surface area contributed by atoms with E-state index >= 15 is 0 Å². The van der Waals surface area contributed by atoms with E-state index in [0.717, 1.165) is 11.1 Å². The third-order valence-corrected chi connectivity index (χ3v) is 3.96. The molecule has 0 spiro atoms. The van der Waals surface area contributed by atoms with Gasteiger partial charge in [-0.25, -0.2) is 0 Å². The molecule has 0 bridgehead atoms. The van der Waals surface area contributed by atoms with Gasteiger partial charge in [-0.1, -0.05) is 59.1 Å². The Hall–Kier alpha value is -1.20. The Balaban J connectivity index is 2.36. The molecule has 0 heterocycles. The molecule has 4 heteroatoms. The van der Waals surface area contributed by atoms with Crippen molar-refractivity contribution in [2.24, 2.45) is 0 Å². The maximum atomic E-state index is 9.35. The van der Waals surface area contributed by atoms with Crippen molar-refractivity contribution in [1.29, 1.82) is 5.26 Å². The summed E-state index contributed by atoms with van der Waals surface area (Å²) < 4.78 is 0. The van der Waals surface area contributed by atoms with Crippen LogP contribution in [0.4, 0.5) is 0 Å². The van der Waals surface area contributed by atoms with Crippen LogP contribution in [-0.2, 0) is 6.42 Å². The Morgan fingerprint density at radius 2 is 1.47 bits per heavy atom. The monoisotopic (exact) mass is 309 g/mol. The number of hydrogen-bond acceptors (Lipinski definition) is 1. The lowest BCUT2D eigenvalue weighted by Crippen LogP contribution is -2.02. The fourth-order valence-corrected chi connectivity index (χ4v) is 2.73. The van der Waals surface area contributed by atoms with Crippen molar-refractivity contribution in [1.82, 2.24) is 0 Å². The third-order valence-electron chi connectivity index (χ3n) is 2.91. The summed E-state index contributed by atoms with van der Waals surface area (Å²) in [4.78, 5) is 0. The molecule has 96 valence electrons. The molecule has 0 aliphatic carbocycles. The molecule has 1 atom stereocenters. The van der Waals surface area contributed by atoms with Crippen molar-refractivity contribution in [3.8, 4) is 6.07 Å². The quantitative estimate of drug-likeness (QED) is 0.734. The first-order valence-electron chi connectivity index (χ1n) is 5.70. The van der Waals surface area contributed by atoms with E-state index < -0.39 is 0 Å². The Labute approximate surface area is 127 Å². The van der Waals surface area contributed by atoms with Crippen molar-refractivity contribution in [2.75, 3.05) is 0 Å². The van der Waals surface area contributed by atoms with Crippen molar-refractivity contribution in [2.45, 2.75) is 12.3 Å². The molecule has 2 rings (SSSR count). The van der Waals surface area contributed by atoms with Gasteiger partial charge in [0.1, 0.15) is 0 Å². The van der Waals surface area contributed by atoms with E-state index in [9.17, 15) is 5.26 Å². The molecule has 0 saturated carbocycles. The number of hydrogen-bond donors (Lipinski definition) is 0. The van der Waals surface area contributed by atoms with Gasteiger partial charge in [-0.05, 0) is 35.7 Å². The normalized spacial score (nSPS) is 11.9. The second-order valence-corrected chi connectivity index (χ2v) is 5.33. The van der Waals surface area contributed by atoms with Gasteiger partial charge in [-0.3, -0.25) is 0 Å². The summed E-state index contributed by atoms with van der Waals surface area (Å²) in [5.74, 6) is -0.369. The van der Waals surface area contributed by atoms with Gasteiger partial charge in [0.25, 0.3) is 0 Å². The minimum Gasteiger partial charge on any atom is -0.198 e. The van der Waals surface area contributed by atoms with Crippen LogP contribution in [0.2, 0.25) is 15.1 Å². The van der Waals surface area contributed by atoms with Crippen LogP contribution in [0, 0.1) is 11.3 Å². The molecule has 2 aromatic carbocycles. The minimum absolute atomic E-state index is 0.369. The fourth-order valence-electron chi connectivity index (χ4n) is 1.91. The first-order valence-corrected chi connectivity index (χ1v) is 6.83. The highest BCUT2D eigenvalue weighted by Crippen LogP contribution is 2.32. The highest BCUT2D eigenvalue weighted by molar-refractivity contribution is 6.36. The van der Waals surface area contributed by atoms with Gasteiger partial charge in [0.05, 0.1) is 12.0 Å². The molecule has 0 aromatic heterocycles. The number of benzene rings is 2. The van der Waals surface area contributed by atoms with E-state index in [-0.39, 0.29) is 5.92 Å². The summed E-state index contributed by atoms with van der Waals surface area (Å²) in [5.41, 5.74) is 1.57. The van der Waals surface area contributed by atoms with Gasteiger partial charge < -0.3 is 0 Å². The van der Waals surface area contributed by atoms with E-state index in [2.05, 4.69) is 6.07 Å². The van der Waals surface area contributed by atoms with Crippen LogP contribution < -0.4 is 0 Å². The van der Waals surface area contributed by atoms with Crippen LogP contribution in [0.25, 0.3) is 0 Å². The average Bonchev–Trinajstić information content (AvgIpc) is 2.40. The molecule has 0 saturated heterocycles. The standard InChI is InChI=1S/C15H10Cl3N/c16-13-5-2-1-4-11(13)10(9-19)8-12-14(17)6-3-7-15(12)18/h1-7,10H,8H2. The molecule has 0 aliphatic rings. The van der Waals surface area contributed by atoms with Gasteiger partial charge in [0.15, 0.2) is 0 Å². The highest BCUT2D eigenvalue weighted by Gasteiger charge is 2.17. The topological polar surface area (TPSA) is 23.8 Å². The predicted octanol–water partition coefficient (Wildman–Crippen LogP) is 5.50. The van der Waals surface area contributed by atoms with Gasteiger partial charge in [0.2, 0.25) is 0 Å². The Morgan fingerprint density at radius 3 is 2.05 bits per heavy atom. The fraction of sp³-hybridized carbons (Fsp3) is 0.133. The summed E-state index contributed by atoms with van der Waals surface area (Å²) in [5, 5.41) is 11.1. The van der Waals surface area contributed by atoms with Gasteiger partial charge in [-0.15, -0.1) is 0 Å². The lowest BCUT2D eigenvalue weighted by atomic mass is 9.93. The first-order chi connectivity index (χ1) is 9.13. The summed E-state index contributed by atoms with van der Waals surface area (Å²) in [6.45, 7) is 0. The molecule has 0 aliphatic heterocycles. The zero-order valence-corrected chi connectivity index (χ0v) is 12.2. The van der Waals surface area contributed by atoms with Crippen LogP contribution >= 0.6 is 34.8 Å². The zero-order chi connectivity index (χ0) is 13.8. The molecule has 2 aromatic rings. The molecule has 0 fully saturated rings. The minimum atomic E-state index is -0.369. The predicted molar refractivity (Wildman–Crippen MR) is 80.0 cm³/mol. The molecule has 0 amide bonds. The van der Waals surface area contributed by atoms with Crippen molar-refractivity contribution in [3.05, 3.63) is 68.7 Å². The van der Waals surface area contributed by atoms with E-state index in [1.54, 1.807) is 24.3 Å². The highest BCUT2D eigenvalue weighted by atomic mass is 35.5. The Morgan fingerprint density at radius 1 is 0.895 bits per heavy atom. The van der Waals surface area contributed by atoms with Crippen LogP contribution in [0.15, 0.2) is 42.5 Å². The molecular formula is C15H10Cl3N. The number of rotatable bonds is 3. The average molecular weight is 311 g/mol. The Kier molecular flexibility index (Phi) is 4.71. The lowest BCUT2D eigenvalue weighted by Gasteiger charge is -2.13.